The number of hydrogen-bond acceptors (Lipinski definition) is 6. The number of esters is 1. The zero-order valence-electron chi connectivity index (χ0n) is 16.9. The van der Waals surface area contributed by atoms with Crippen molar-refractivity contribution in [2.75, 3.05) is 13.2 Å². The molecule has 0 heterocycles. The van der Waals surface area contributed by atoms with Gasteiger partial charge in [-0.15, -0.1) is 0 Å². The fraction of sp³-hybridized carbons (Fsp3) is 0.500. The molecule has 172 valence electrons. The number of rotatable bonds is 13. The summed E-state index contributed by atoms with van der Waals surface area (Å²) in [7, 11) is 0. The van der Waals surface area contributed by atoms with Crippen LogP contribution in [0.4, 0.5) is 13.2 Å². The Bertz CT molecular complexity index is 755. The fourth-order valence-corrected chi connectivity index (χ4v) is 2.68. The highest BCUT2D eigenvalue weighted by Gasteiger charge is 2.38. The second kappa shape index (κ2) is 12.7. The maximum atomic E-state index is 12.4. The molecule has 2 atom stereocenters. The van der Waals surface area contributed by atoms with E-state index in [-0.39, 0.29) is 44.6 Å². The molecule has 0 radical (unpaired) electrons. The molecule has 1 amide bonds. The van der Waals surface area contributed by atoms with E-state index in [1.165, 1.54) is 0 Å². The Morgan fingerprint density at radius 1 is 1.06 bits per heavy atom. The number of halogens is 3. The number of carboxylic acids is 1. The number of aliphatic carboxylic acids is 1. The van der Waals surface area contributed by atoms with E-state index >= 15 is 0 Å². The third-order valence-corrected chi connectivity index (χ3v) is 4.22. The van der Waals surface area contributed by atoms with E-state index in [1.807, 2.05) is 0 Å². The van der Waals surface area contributed by atoms with Crippen molar-refractivity contribution in [1.29, 1.82) is 0 Å². The van der Waals surface area contributed by atoms with Crippen LogP contribution in [0, 0.1) is 0 Å². The van der Waals surface area contributed by atoms with Gasteiger partial charge in [0, 0.05) is 18.5 Å². The lowest BCUT2D eigenvalue weighted by Gasteiger charge is -2.22. The molecular formula is C20H25F3N2O6. The largest absolute Gasteiger partial charge is 0.480 e. The average Bonchev–Trinajstić information content (AvgIpc) is 2.71. The zero-order valence-corrected chi connectivity index (χ0v) is 16.9. The summed E-state index contributed by atoms with van der Waals surface area (Å²) in [5.74, 6) is -4.52. The lowest BCUT2D eigenvalue weighted by atomic mass is 10.0. The molecule has 0 fully saturated rings. The first-order valence-corrected chi connectivity index (χ1v) is 9.65. The molecule has 0 aliphatic carbocycles. The lowest BCUT2D eigenvalue weighted by molar-refractivity contribution is -0.173. The first-order valence-electron chi connectivity index (χ1n) is 9.65. The van der Waals surface area contributed by atoms with Gasteiger partial charge in [-0.2, -0.15) is 13.2 Å². The summed E-state index contributed by atoms with van der Waals surface area (Å²) >= 11 is 0. The highest BCUT2D eigenvalue weighted by Crippen LogP contribution is 2.14. The molecule has 0 aromatic heterocycles. The minimum atomic E-state index is -4.98. The van der Waals surface area contributed by atoms with Gasteiger partial charge in [0.2, 0.25) is 0 Å². The predicted molar refractivity (Wildman–Crippen MR) is 103 cm³/mol. The van der Waals surface area contributed by atoms with Crippen molar-refractivity contribution in [3.8, 4) is 0 Å². The van der Waals surface area contributed by atoms with Gasteiger partial charge in [0.25, 0.3) is 0 Å². The Morgan fingerprint density at radius 3 is 2.26 bits per heavy atom. The normalized spacial score (nSPS) is 13.2. The molecule has 1 aromatic carbocycles. The van der Waals surface area contributed by atoms with Gasteiger partial charge in [0.1, 0.15) is 12.1 Å². The van der Waals surface area contributed by atoms with Crippen LogP contribution in [0.25, 0.3) is 0 Å². The van der Waals surface area contributed by atoms with Crippen molar-refractivity contribution in [2.24, 2.45) is 0 Å². The van der Waals surface area contributed by atoms with E-state index in [0.29, 0.717) is 5.56 Å². The standard InChI is InChI=1S/C20H25F3N2O6/c1-2-31-18(29)15(12-16(26)13-8-4-3-5-9-13)25-14(17(27)28)10-6-7-11-24-19(30)20(21,22)23/h3-5,8-9,14-15,25H,2,6-7,10-12H2,1H3,(H,24,30)(H,27,28)/t14-,15?/m0/s1. The lowest BCUT2D eigenvalue weighted by Crippen LogP contribution is -2.48. The zero-order chi connectivity index (χ0) is 23.4. The van der Waals surface area contributed by atoms with Crippen LogP contribution in [0.1, 0.15) is 43.0 Å². The second-order valence-electron chi connectivity index (χ2n) is 6.60. The van der Waals surface area contributed by atoms with Crippen LogP contribution in [0.15, 0.2) is 30.3 Å². The Morgan fingerprint density at radius 2 is 1.71 bits per heavy atom. The maximum absolute atomic E-state index is 12.4. The molecule has 0 aliphatic heterocycles. The van der Waals surface area contributed by atoms with Crippen molar-refractivity contribution in [3.05, 3.63) is 35.9 Å². The minimum Gasteiger partial charge on any atom is -0.480 e. The number of carbonyl (C=O) groups is 4. The SMILES string of the molecule is CCOC(=O)C(CC(=O)c1ccccc1)N[C@@H](CCCCNC(=O)C(F)(F)F)C(=O)O. The van der Waals surface area contributed by atoms with Gasteiger partial charge in [0.05, 0.1) is 6.61 Å². The number of carbonyl (C=O) groups excluding carboxylic acids is 3. The quantitative estimate of drug-likeness (QED) is 0.241. The van der Waals surface area contributed by atoms with Gasteiger partial charge in [-0.1, -0.05) is 30.3 Å². The van der Waals surface area contributed by atoms with E-state index in [2.05, 4.69) is 5.32 Å². The summed E-state index contributed by atoms with van der Waals surface area (Å²) in [5, 5.41) is 13.7. The summed E-state index contributed by atoms with van der Waals surface area (Å²) in [6, 6.07) is 5.70. The van der Waals surface area contributed by atoms with E-state index in [9.17, 15) is 37.5 Å². The van der Waals surface area contributed by atoms with Crippen LogP contribution in [0.5, 0.6) is 0 Å². The summed E-state index contributed by atoms with van der Waals surface area (Å²) in [4.78, 5) is 47.0. The number of alkyl halides is 3. The second-order valence-corrected chi connectivity index (χ2v) is 6.60. The highest BCUT2D eigenvalue weighted by atomic mass is 19.4. The number of ether oxygens (including phenoxy) is 1. The molecule has 0 bridgehead atoms. The van der Waals surface area contributed by atoms with Crippen LogP contribution >= 0.6 is 0 Å². The molecule has 31 heavy (non-hydrogen) atoms. The number of carboxylic acid groups (broad SMARTS) is 1. The molecule has 0 saturated heterocycles. The van der Waals surface area contributed by atoms with Crippen LogP contribution in [0.2, 0.25) is 0 Å². The number of nitrogens with one attached hydrogen (secondary N) is 2. The molecular weight excluding hydrogens is 421 g/mol. The number of benzene rings is 1. The van der Waals surface area contributed by atoms with Crippen molar-refractivity contribution in [3.63, 3.8) is 0 Å². The van der Waals surface area contributed by atoms with Gasteiger partial charge in [-0.05, 0) is 26.2 Å². The smallest absolute Gasteiger partial charge is 0.471 e. The van der Waals surface area contributed by atoms with Crippen molar-refractivity contribution < 1.29 is 42.2 Å². The molecule has 8 nitrogen and oxygen atoms in total. The van der Waals surface area contributed by atoms with Gasteiger partial charge in [0.15, 0.2) is 5.78 Å². The van der Waals surface area contributed by atoms with Crippen LogP contribution < -0.4 is 10.6 Å². The molecule has 11 heteroatoms. The minimum absolute atomic E-state index is 0.0349. The molecule has 0 spiro atoms. The Labute approximate surface area is 177 Å². The van der Waals surface area contributed by atoms with Crippen LogP contribution in [-0.2, 0) is 19.1 Å². The third-order valence-electron chi connectivity index (χ3n) is 4.22. The molecule has 0 saturated carbocycles. The van der Waals surface area contributed by atoms with E-state index in [1.54, 1.807) is 42.6 Å². The molecule has 0 aliphatic rings. The van der Waals surface area contributed by atoms with Gasteiger partial charge < -0.3 is 15.2 Å². The van der Waals surface area contributed by atoms with Crippen molar-refractivity contribution >= 4 is 23.6 Å². The first kappa shape index (κ1) is 26.1. The summed E-state index contributed by atoms with van der Waals surface area (Å²) in [5.41, 5.74) is 0.353. The van der Waals surface area contributed by atoms with Gasteiger partial charge in [-0.25, -0.2) is 0 Å². The molecule has 3 N–H and O–H groups in total. The topological polar surface area (TPSA) is 122 Å². The van der Waals surface area contributed by atoms with E-state index < -0.39 is 36.1 Å². The number of ketones is 1. The number of unbranched alkanes of at least 4 members (excludes halogenated alkanes) is 1. The van der Waals surface area contributed by atoms with E-state index in [4.69, 9.17) is 4.74 Å². The Hall–Kier alpha value is -2.95. The van der Waals surface area contributed by atoms with Crippen LogP contribution in [0.3, 0.4) is 0 Å². The summed E-state index contributed by atoms with van der Waals surface area (Å²) < 4.78 is 41.3. The Balaban J connectivity index is 2.68. The van der Waals surface area contributed by atoms with Gasteiger partial charge in [-0.3, -0.25) is 24.5 Å². The highest BCUT2D eigenvalue weighted by molar-refractivity contribution is 5.99. The molecule has 1 rings (SSSR count). The number of amides is 1. The van der Waals surface area contributed by atoms with E-state index in [0.717, 1.165) is 0 Å². The van der Waals surface area contributed by atoms with Crippen molar-refractivity contribution in [2.45, 2.75) is 50.9 Å². The fourth-order valence-electron chi connectivity index (χ4n) is 2.68. The van der Waals surface area contributed by atoms with Crippen molar-refractivity contribution in [1.82, 2.24) is 10.6 Å². The Kier molecular flexibility index (Phi) is 10.7. The monoisotopic (exact) mass is 446 g/mol. The molecule has 1 aromatic rings. The van der Waals surface area contributed by atoms with Gasteiger partial charge >= 0.3 is 24.0 Å². The first-order chi connectivity index (χ1) is 14.6. The predicted octanol–water partition coefficient (Wildman–Crippen LogP) is 2.08. The summed E-state index contributed by atoms with van der Waals surface area (Å²) in [6.07, 6.45) is -5.09. The third kappa shape index (κ3) is 9.60. The average molecular weight is 446 g/mol. The van der Waals surface area contributed by atoms with Crippen LogP contribution in [-0.4, -0.2) is 60.1 Å². The maximum Gasteiger partial charge on any atom is 0.471 e. The number of hydrogen-bond donors (Lipinski definition) is 3. The number of Topliss-reactive ketones (excluding diaryl/α,β-unsaturated/α-hetero) is 1. The molecule has 1 unspecified atom stereocenters. The summed E-state index contributed by atoms with van der Waals surface area (Å²) in [6.45, 7) is 1.32.